The molecule has 17 heavy (non-hydrogen) atoms. The summed E-state index contributed by atoms with van der Waals surface area (Å²) >= 11 is 0. The molecule has 0 saturated heterocycles. The Morgan fingerprint density at radius 2 is 2.06 bits per heavy atom. The van der Waals surface area contributed by atoms with Crippen LogP contribution in [0.15, 0.2) is 12.4 Å². The molecule has 0 aromatic carbocycles. The molecule has 3 unspecified atom stereocenters. The first-order valence-corrected chi connectivity index (χ1v) is 6.54. The van der Waals surface area contributed by atoms with Crippen LogP contribution >= 0.6 is 0 Å². The molecule has 3 nitrogen and oxygen atoms in total. The molecule has 0 spiro atoms. The van der Waals surface area contributed by atoms with E-state index in [2.05, 4.69) is 9.97 Å². The Labute approximate surface area is 102 Å². The molecule has 0 amide bonds. The van der Waals surface area contributed by atoms with Gasteiger partial charge in [-0.05, 0) is 49.5 Å². The van der Waals surface area contributed by atoms with Gasteiger partial charge in [0.25, 0.3) is 0 Å². The van der Waals surface area contributed by atoms with Crippen LogP contribution in [-0.4, -0.2) is 15.8 Å². The van der Waals surface area contributed by atoms with Crippen LogP contribution in [0.4, 0.5) is 0 Å². The van der Waals surface area contributed by atoms with E-state index in [-0.39, 0.29) is 5.78 Å². The van der Waals surface area contributed by atoms with E-state index in [1.807, 2.05) is 6.92 Å². The summed E-state index contributed by atoms with van der Waals surface area (Å²) in [5.41, 5.74) is 1.00. The van der Waals surface area contributed by atoms with Gasteiger partial charge in [-0.3, -0.25) is 4.79 Å². The SMILES string of the molecule is Cc1cnc(C(=O)CC2CC3CCC2C3)nc1. The van der Waals surface area contributed by atoms with Crippen LogP contribution in [-0.2, 0) is 0 Å². The predicted molar refractivity (Wildman–Crippen MR) is 64.7 cm³/mol. The van der Waals surface area contributed by atoms with Crippen LogP contribution < -0.4 is 0 Å². The molecule has 3 atom stereocenters. The fourth-order valence-electron chi connectivity index (χ4n) is 3.49. The third-order valence-corrected chi connectivity index (χ3v) is 4.36. The topological polar surface area (TPSA) is 42.9 Å². The molecule has 1 aromatic rings. The number of carbonyl (C=O) groups is 1. The second-order valence-corrected chi connectivity index (χ2v) is 5.65. The lowest BCUT2D eigenvalue weighted by Crippen LogP contribution is -2.16. The summed E-state index contributed by atoms with van der Waals surface area (Å²) in [6.07, 6.45) is 9.43. The molecule has 0 N–H and O–H groups in total. The zero-order chi connectivity index (χ0) is 11.8. The zero-order valence-corrected chi connectivity index (χ0v) is 10.2. The third-order valence-electron chi connectivity index (χ3n) is 4.36. The third kappa shape index (κ3) is 2.11. The number of aromatic nitrogens is 2. The van der Waals surface area contributed by atoms with Crippen molar-refractivity contribution in [3.05, 3.63) is 23.8 Å². The van der Waals surface area contributed by atoms with Crippen molar-refractivity contribution >= 4 is 5.78 Å². The van der Waals surface area contributed by atoms with E-state index >= 15 is 0 Å². The van der Waals surface area contributed by atoms with Crippen molar-refractivity contribution in [2.24, 2.45) is 17.8 Å². The minimum atomic E-state index is 0.127. The molecule has 1 heterocycles. The molecule has 2 saturated carbocycles. The van der Waals surface area contributed by atoms with Crippen molar-refractivity contribution in [1.82, 2.24) is 9.97 Å². The molecule has 0 aliphatic heterocycles. The number of hydrogen-bond acceptors (Lipinski definition) is 3. The molecular weight excluding hydrogens is 212 g/mol. The maximum atomic E-state index is 12.1. The highest BCUT2D eigenvalue weighted by molar-refractivity contribution is 5.92. The summed E-state index contributed by atoms with van der Waals surface area (Å²) in [7, 11) is 0. The number of aryl methyl sites for hydroxylation is 1. The van der Waals surface area contributed by atoms with Crippen LogP contribution in [0.3, 0.4) is 0 Å². The minimum absolute atomic E-state index is 0.127. The molecule has 90 valence electrons. The Morgan fingerprint density at radius 3 is 2.65 bits per heavy atom. The summed E-state index contributed by atoms with van der Waals surface area (Å²) in [6.45, 7) is 1.93. The van der Waals surface area contributed by atoms with E-state index in [1.165, 1.54) is 25.7 Å². The predicted octanol–water partition coefficient (Wildman–Crippen LogP) is 2.79. The van der Waals surface area contributed by atoms with Gasteiger partial charge in [0.15, 0.2) is 11.6 Å². The average molecular weight is 230 g/mol. The Balaban J connectivity index is 1.65. The number of nitrogens with zero attached hydrogens (tertiary/aromatic N) is 2. The van der Waals surface area contributed by atoms with E-state index in [1.54, 1.807) is 12.4 Å². The second kappa shape index (κ2) is 4.21. The Kier molecular flexibility index (Phi) is 2.69. The Hall–Kier alpha value is -1.25. The van der Waals surface area contributed by atoms with Crippen molar-refractivity contribution < 1.29 is 4.79 Å². The van der Waals surface area contributed by atoms with Gasteiger partial charge < -0.3 is 0 Å². The first-order valence-electron chi connectivity index (χ1n) is 6.54. The lowest BCUT2D eigenvalue weighted by Gasteiger charge is -2.20. The normalized spacial score (nSPS) is 30.8. The molecule has 3 heteroatoms. The van der Waals surface area contributed by atoms with E-state index < -0.39 is 0 Å². The van der Waals surface area contributed by atoms with Crippen LogP contribution in [0.1, 0.15) is 48.3 Å². The van der Waals surface area contributed by atoms with Gasteiger partial charge in [0.2, 0.25) is 0 Å². The van der Waals surface area contributed by atoms with Crippen LogP contribution in [0.5, 0.6) is 0 Å². The smallest absolute Gasteiger partial charge is 0.200 e. The van der Waals surface area contributed by atoms with Crippen molar-refractivity contribution in [3.8, 4) is 0 Å². The van der Waals surface area contributed by atoms with Gasteiger partial charge in [0.05, 0.1) is 0 Å². The number of Topliss-reactive ketones (excluding diaryl/α,β-unsaturated/α-hetero) is 1. The molecular formula is C14H18N2O. The molecule has 0 radical (unpaired) electrons. The largest absolute Gasteiger partial charge is 0.291 e. The molecule has 2 aliphatic carbocycles. The lowest BCUT2D eigenvalue weighted by molar-refractivity contribution is 0.0934. The van der Waals surface area contributed by atoms with Crippen molar-refractivity contribution in [3.63, 3.8) is 0 Å². The van der Waals surface area contributed by atoms with Gasteiger partial charge in [-0.25, -0.2) is 9.97 Å². The van der Waals surface area contributed by atoms with Crippen molar-refractivity contribution in [1.29, 1.82) is 0 Å². The first kappa shape index (κ1) is 10.9. The second-order valence-electron chi connectivity index (χ2n) is 5.65. The number of fused-ring (bicyclic) bond motifs is 2. The quantitative estimate of drug-likeness (QED) is 0.750. The minimum Gasteiger partial charge on any atom is -0.291 e. The Bertz CT molecular complexity index is 426. The maximum Gasteiger partial charge on any atom is 0.200 e. The van der Waals surface area contributed by atoms with E-state index in [0.717, 1.165) is 17.4 Å². The molecule has 1 aromatic heterocycles. The van der Waals surface area contributed by atoms with Gasteiger partial charge in [0.1, 0.15) is 0 Å². The van der Waals surface area contributed by atoms with Gasteiger partial charge in [0, 0.05) is 18.8 Å². The monoisotopic (exact) mass is 230 g/mol. The molecule has 2 aliphatic rings. The van der Waals surface area contributed by atoms with Gasteiger partial charge in [-0.2, -0.15) is 0 Å². The summed E-state index contributed by atoms with van der Waals surface area (Å²) in [6, 6.07) is 0. The van der Waals surface area contributed by atoms with Crippen LogP contribution in [0.2, 0.25) is 0 Å². The number of rotatable bonds is 3. The fourth-order valence-corrected chi connectivity index (χ4v) is 3.49. The summed E-state index contributed by atoms with van der Waals surface area (Å²) in [5, 5.41) is 0. The maximum absolute atomic E-state index is 12.1. The van der Waals surface area contributed by atoms with Crippen LogP contribution in [0, 0.1) is 24.7 Å². The van der Waals surface area contributed by atoms with Gasteiger partial charge >= 0.3 is 0 Å². The highest BCUT2D eigenvalue weighted by Gasteiger charge is 2.40. The highest BCUT2D eigenvalue weighted by atomic mass is 16.1. The van der Waals surface area contributed by atoms with Crippen LogP contribution in [0.25, 0.3) is 0 Å². The molecule has 2 bridgehead atoms. The van der Waals surface area contributed by atoms with E-state index in [4.69, 9.17) is 0 Å². The number of carbonyl (C=O) groups excluding carboxylic acids is 1. The summed E-state index contributed by atoms with van der Waals surface area (Å²) in [5.74, 6) is 2.83. The number of ketones is 1. The number of hydrogen-bond donors (Lipinski definition) is 0. The zero-order valence-electron chi connectivity index (χ0n) is 10.2. The average Bonchev–Trinajstić information content (AvgIpc) is 2.91. The van der Waals surface area contributed by atoms with E-state index in [0.29, 0.717) is 18.2 Å². The Morgan fingerprint density at radius 1 is 1.29 bits per heavy atom. The van der Waals surface area contributed by atoms with E-state index in [9.17, 15) is 4.79 Å². The van der Waals surface area contributed by atoms with Crippen molar-refractivity contribution in [2.75, 3.05) is 0 Å². The molecule has 3 rings (SSSR count). The first-order chi connectivity index (χ1) is 8.22. The van der Waals surface area contributed by atoms with Gasteiger partial charge in [-0.1, -0.05) is 6.42 Å². The lowest BCUT2D eigenvalue weighted by atomic mass is 9.85. The summed E-state index contributed by atoms with van der Waals surface area (Å²) < 4.78 is 0. The summed E-state index contributed by atoms with van der Waals surface area (Å²) in [4.78, 5) is 20.3. The van der Waals surface area contributed by atoms with Gasteiger partial charge in [-0.15, -0.1) is 0 Å². The van der Waals surface area contributed by atoms with Crippen molar-refractivity contribution in [2.45, 2.75) is 39.0 Å². The highest BCUT2D eigenvalue weighted by Crippen LogP contribution is 2.49. The standard InChI is InChI=1S/C14H18N2O/c1-9-7-15-14(16-8-9)13(17)6-12-5-10-2-3-11(12)4-10/h7-8,10-12H,2-6H2,1H3. The molecule has 2 fully saturated rings. The fraction of sp³-hybridized carbons (Fsp3) is 0.643.